The third-order valence-corrected chi connectivity index (χ3v) is 4.64. The van der Waals surface area contributed by atoms with Crippen molar-refractivity contribution in [2.45, 2.75) is 33.1 Å². The van der Waals surface area contributed by atoms with Gasteiger partial charge in [0.2, 0.25) is 11.8 Å². The standard InChI is InChI=1S/C23H30N2O4/c1-5-12-25(16-22(26)24-21-9-7-6-8-17(21)2)23(27)11-10-18-13-19(28-3)15-20(14-18)29-4/h6-9,13-15H,5,10-12,16H2,1-4H3,(H,24,26). The summed E-state index contributed by atoms with van der Waals surface area (Å²) >= 11 is 0. The van der Waals surface area contributed by atoms with E-state index in [4.69, 9.17) is 9.47 Å². The van der Waals surface area contributed by atoms with Gasteiger partial charge in [0, 0.05) is 24.7 Å². The third kappa shape index (κ3) is 6.82. The molecule has 2 aromatic carbocycles. The maximum Gasteiger partial charge on any atom is 0.244 e. The van der Waals surface area contributed by atoms with Crippen LogP contribution in [-0.2, 0) is 16.0 Å². The summed E-state index contributed by atoms with van der Waals surface area (Å²) in [6.07, 6.45) is 1.65. The van der Waals surface area contributed by atoms with Crippen LogP contribution in [-0.4, -0.2) is 44.0 Å². The molecule has 0 unspecified atom stereocenters. The molecule has 0 saturated carbocycles. The molecule has 0 aliphatic carbocycles. The monoisotopic (exact) mass is 398 g/mol. The van der Waals surface area contributed by atoms with Crippen LogP contribution in [0.2, 0.25) is 0 Å². The lowest BCUT2D eigenvalue weighted by Crippen LogP contribution is -2.38. The molecular formula is C23H30N2O4. The Balaban J connectivity index is 1.98. The maximum atomic E-state index is 12.8. The highest BCUT2D eigenvalue weighted by atomic mass is 16.5. The summed E-state index contributed by atoms with van der Waals surface area (Å²) in [5, 5.41) is 2.89. The molecule has 2 amide bonds. The minimum atomic E-state index is -0.191. The highest BCUT2D eigenvalue weighted by Crippen LogP contribution is 2.23. The number of methoxy groups -OCH3 is 2. The van der Waals surface area contributed by atoms with E-state index in [2.05, 4.69) is 5.32 Å². The fourth-order valence-electron chi connectivity index (χ4n) is 3.06. The topological polar surface area (TPSA) is 67.9 Å². The van der Waals surface area contributed by atoms with Crippen molar-refractivity contribution >= 4 is 17.5 Å². The molecule has 0 aromatic heterocycles. The molecule has 29 heavy (non-hydrogen) atoms. The minimum absolute atomic E-state index is 0.0441. The number of amides is 2. The quantitative estimate of drug-likeness (QED) is 0.661. The number of rotatable bonds is 10. The Morgan fingerprint density at radius 2 is 1.69 bits per heavy atom. The van der Waals surface area contributed by atoms with Gasteiger partial charge in [0.05, 0.1) is 20.8 Å². The molecule has 6 nitrogen and oxygen atoms in total. The summed E-state index contributed by atoms with van der Waals surface area (Å²) in [4.78, 5) is 26.8. The Labute approximate surface area is 172 Å². The number of anilines is 1. The van der Waals surface area contributed by atoms with Gasteiger partial charge in [-0.3, -0.25) is 9.59 Å². The Bertz CT molecular complexity index is 813. The van der Waals surface area contributed by atoms with Crippen molar-refractivity contribution in [1.82, 2.24) is 4.90 Å². The first kappa shape index (κ1) is 22.3. The van der Waals surface area contributed by atoms with Crippen molar-refractivity contribution in [3.63, 3.8) is 0 Å². The SMILES string of the molecule is CCCN(CC(=O)Nc1ccccc1C)C(=O)CCc1cc(OC)cc(OC)c1. The number of nitrogens with one attached hydrogen (secondary N) is 1. The molecule has 2 aromatic rings. The van der Waals surface area contributed by atoms with Crippen molar-refractivity contribution in [3.05, 3.63) is 53.6 Å². The highest BCUT2D eigenvalue weighted by molar-refractivity contribution is 5.95. The zero-order valence-corrected chi connectivity index (χ0v) is 17.7. The van der Waals surface area contributed by atoms with Gasteiger partial charge >= 0.3 is 0 Å². The van der Waals surface area contributed by atoms with Crippen LogP contribution in [0.4, 0.5) is 5.69 Å². The van der Waals surface area contributed by atoms with E-state index in [0.29, 0.717) is 30.9 Å². The van der Waals surface area contributed by atoms with Gasteiger partial charge in [-0.15, -0.1) is 0 Å². The third-order valence-electron chi connectivity index (χ3n) is 4.64. The Kier molecular flexibility index (Phi) is 8.52. The molecule has 1 N–H and O–H groups in total. The van der Waals surface area contributed by atoms with Gasteiger partial charge in [-0.2, -0.15) is 0 Å². The van der Waals surface area contributed by atoms with Gasteiger partial charge in [0.15, 0.2) is 0 Å². The van der Waals surface area contributed by atoms with Crippen LogP contribution in [0.15, 0.2) is 42.5 Å². The maximum absolute atomic E-state index is 12.8. The lowest BCUT2D eigenvalue weighted by molar-refractivity contribution is -0.134. The van der Waals surface area contributed by atoms with Crippen molar-refractivity contribution in [1.29, 1.82) is 0 Å². The molecule has 0 radical (unpaired) electrons. The summed E-state index contributed by atoms with van der Waals surface area (Å²) in [6.45, 7) is 4.52. The molecular weight excluding hydrogens is 368 g/mol. The first-order chi connectivity index (χ1) is 14.0. The van der Waals surface area contributed by atoms with Crippen molar-refractivity contribution < 1.29 is 19.1 Å². The Hall–Kier alpha value is -3.02. The first-order valence-corrected chi connectivity index (χ1v) is 9.82. The van der Waals surface area contributed by atoms with E-state index in [0.717, 1.165) is 23.2 Å². The predicted molar refractivity (Wildman–Crippen MR) is 115 cm³/mol. The predicted octanol–water partition coefficient (Wildman–Crippen LogP) is 3.82. The number of ether oxygens (including phenoxy) is 2. The van der Waals surface area contributed by atoms with Gasteiger partial charge in [0.25, 0.3) is 0 Å². The molecule has 0 heterocycles. The minimum Gasteiger partial charge on any atom is -0.497 e. The average Bonchev–Trinajstić information content (AvgIpc) is 2.73. The Morgan fingerprint density at radius 1 is 1.03 bits per heavy atom. The summed E-state index contributed by atoms with van der Waals surface area (Å²) < 4.78 is 10.6. The summed E-state index contributed by atoms with van der Waals surface area (Å²) in [6, 6.07) is 13.2. The van der Waals surface area contributed by atoms with Gasteiger partial charge < -0.3 is 19.7 Å². The fraction of sp³-hybridized carbons (Fsp3) is 0.391. The second kappa shape index (κ2) is 11.1. The molecule has 0 saturated heterocycles. The molecule has 156 valence electrons. The van der Waals surface area contributed by atoms with Crippen LogP contribution in [0.5, 0.6) is 11.5 Å². The number of hydrogen-bond donors (Lipinski definition) is 1. The molecule has 2 rings (SSSR count). The van der Waals surface area contributed by atoms with E-state index in [-0.39, 0.29) is 18.4 Å². The van der Waals surface area contributed by atoms with Gasteiger partial charge in [-0.1, -0.05) is 25.1 Å². The second-order valence-corrected chi connectivity index (χ2v) is 6.90. The highest BCUT2D eigenvalue weighted by Gasteiger charge is 2.17. The van der Waals surface area contributed by atoms with Crippen molar-refractivity contribution in [2.75, 3.05) is 32.6 Å². The van der Waals surface area contributed by atoms with Crippen LogP contribution < -0.4 is 14.8 Å². The fourth-order valence-corrected chi connectivity index (χ4v) is 3.06. The molecule has 0 aliphatic heterocycles. The molecule has 6 heteroatoms. The molecule has 0 aliphatic rings. The van der Waals surface area contributed by atoms with Crippen LogP contribution in [0.25, 0.3) is 0 Å². The molecule has 0 spiro atoms. The van der Waals surface area contributed by atoms with E-state index < -0.39 is 0 Å². The normalized spacial score (nSPS) is 10.3. The van der Waals surface area contributed by atoms with E-state index >= 15 is 0 Å². The van der Waals surface area contributed by atoms with Gasteiger partial charge in [0.1, 0.15) is 11.5 Å². The van der Waals surface area contributed by atoms with E-state index in [1.807, 2.05) is 50.2 Å². The zero-order chi connectivity index (χ0) is 21.2. The Morgan fingerprint density at radius 3 is 2.28 bits per heavy atom. The largest absolute Gasteiger partial charge is 0.497 e. The van der Waals surface area contributed by atoms with Crippen LogP contribution >= 0.6 is 0 Å². The summed E-state index contributed by atoms with van der Waals surface area (Å²) in [5.41, 5.74) is 2.71. The van der Waals surface area contributed by atoms with Crippen molar-refractivity contribution in [3.8, 4) is 11.5 Å². The number of carbonyl (C=O) groups is 2. The number of benzene rings is 2. The smallest absolute Gasteiger partial charge is 0.244 e. The second-order valence-electron chi connectivity index (χ2n) is 6.90. The van der Waals surface area contributed by atoms with Gasteiger partial charge in [-0.25, -0.2) is 0 Å². The number of nitrogens with zero attached hydrogens (tertiary/aromatic N) is 1. The number of hydrogen-bond acceptors (Lipinski definition) is 4. The number of para-hydroxylation sites is 1. The zero-order valence-electron chi connectivity index (χ0n) is 17.7. The average molecular weight is 399 g/mol. The summed E-state index contributed by atoms with van der Waals surface area (Å²) in [7, 11) is 3.19. The van der Waals surface area contributed by atoms with Crippen LogP contribution in [0.3, 0.4) is 0 Å². The van der Waals surface area contributed by atoms with Gasteiger partial charge in [-0.05, 0) is 49.1 Å². The van der Waals surface area contributed by atoms with Crippen LogP contribution in [0, 0.1) is 6.92 Å². The molecule has 0 bridgehead atoms. The van der Waals surface area contributed by atoms with Crippen molar-refractivity contribution in [2.24, 2.45) is 0 Å². The van der Waals surface area contributed by atoms with E-state index in [1.54, 1.807) is 25.2 Å². The lowest BCUT2D eigenvalue weighted by atomic mass is 10.1. The summed E-state index contributed by atoms with van der Waals surface area (Å²) in [5.74, 6) is 1.14. The number of carbonyl (C=O) groups excluding carboxylic acids is 2. The van der Waals surface area contributed by atoms with E-state index in [1.165, 1.54) is 0 Å². The van der Waals surface area contributed by atoms with Crippen LogP contribution in [0.1, 0.15) is 30.9 Å². The number of aryl methyl sites for hydroxylation is 2. The first-order valence-electron chi connectivity index (χ1n) is 9.82. The molecule has 0 fully saturated rings. The van der Waals surface area contributed by atoms with E-state index in [9.17, 15) is 9.59 Å². The molecule has 0 atom stereocenters. The lowest BCUT2D eigenvalue weighted by Gasteiger charge is -2.22.